The van der Waals surface area contributed by atoms with Gasteiger partial charge >= 0.3 is 0 Å². The van der Waals surface area contributed by atoms with Gasteiger partial charge in [0.15, 0.2) is 0 Å². The largest absolute Gasteiger partial charge is 0.456 e. The maximum absolute atomic E-state index is 6.40. The van der Waals surface area contributed by atoms with Gasteiger partial charge in [-0.3, -0.25) is 0 Å². The second-order valence-electron chi connectivity index (χ2n) is 16.7. The van der Waals surface area contributed by atoms with Crippen LogP contribution in [0.1, 0.15) is 61.0 Å². The van der Waals surface area contributed by atoms with E-state index in [0.717, 1.165) is 29.9 Å². The summed E-state index contributed by atoms with van der Waals surface area (Å²) in [5, 5.41) is 6.39. The Labute approximate surface area is 331 Å². The summed E-state index contributed by atoms with van der Waals surface area (Å²) in [6.45, 7) is 0. The Hall–Kier alpha value is -6.58. The van der Waals surface area contributed by atoms with Gasteiger partial charge in [-0.1, -0.05) is 98.1 Å². The molecule has 0 saturated heterocycles. The predicted octanol–water partition coefficient (Wildman–Crippen LogP) is 14.5. The van der Waals surface area contributed by atoms with Crippen LogP contribution in [0.4, 0.5) is 0 Å². The van der Waals surface area contributed by atoms with Crippen molar-refractivity contribution in [3.05, 3.63) is 174 Å². The minimum atomic E-state index is 0.105. The normalized spacial score (nSPS) is 15.6. The van der Waals surface area contributed by atoms with Crippen molar-refractivity contribution in [2.45, 2.75) is 50.4 Å². The van der Waals surface area contributed by atoms with Crippen LogP contribution in [0.25, 0.3) is 94.3 Å². The standard InChI is InChI=1S/C54H40N2O/c1-3-13-36(14-4-1)55-50-26-22-35(30-44(50)45-32-47-42(33-51(45)55)38-15-5-8-18-46(38)54(47)27-11-2-12-28-54)34-21-25-49-43(29-34)39-16-6-9-19-48(39)56(49)37-23-24-41-40-17-7-10-20-52(40)57-53(41)31-37/h1,3-6,8-10,13-16,18-26,29-33H,2,7,11-12,17,27-28H2. The van der Waals surface area contributed by atoms with E-state index < -0.39 is 0 Å². The molecule has 0 N–H and O–H groups in total. The van der Waals surface area contributed by atoms with Crippen LogP contribution >= 0.6 is 0 Å². The molecule has 0 aliphatic heterocycles. The first-order chi connectivity index (χ1) is 28.2. The zero-order chi connectivity index (χ0) is 37.2. The van der Waals surface area contributed by atoms with Crippen LogP contribution in [0.5, 0.6) is 0 Å². The van der Waals surface area contributed by atoms with Crippen molar-refractivity contribution >= 4 is 60.7 Å². The molecule has 3 heteroatoms. The van der Waals surface area contributed by atoms with Crippen LogP contribution in [0.3, 0.4) is 0 Å². The van der Waals surface area contributed by atoms with Crippen molar-refractivity contribution in [1.82, 2.24) is 9.13 Å². The molecule has 10 aromatic rings. The van der Waals surface area contributed by atoms with Crippen molar-refractivity contribution in [3.63, 3.8) is 0 Å². The molecule has 7 aromatic carbocycles. The number of rotatable bonds is 3. The maximum atomic E-state index is 6.40. The Bertz CT molecular complexity index is 3330. The van der Waals surface area contributed by atoms with E-state index in [0.29, 0.717) is 0 Å². The summed E-state index contributed by atoms with van der Waals surface area (Å²) in [5.74, 6) is 1.01. The van der Waals surface area contributed by atoms with Gasteiger partial charge in [0, 0.05) is 55.4 Å². The lowest BCUT2D eigenvalue weighted by Crippen LogP contribution is -2.27. The monoisotopic (exact) mass is 732 g/mol. The highest BCUT2D eigenvalue weighted by Crippen LogP contribution is 2.57. The van der Waals surface area contributed by atoms with Crippen molar-refractivity contribution in [2.75, 3.05) is 0 Å². The topological polar surface area (TPSA) is 23.0 Å². The molecule has 1 spiro atoms. The summed E-state index contributed by atoms with van der Waals surface area (Å²) in [4.78, 5) is 0. The van der Waals surface area contributed by atoms with Crippen molar-refractivity contribution in [1.29, 1.82) is 0 Å². The zero-order valence-electron chi connectivity index (χ0n) is 31.8. The first-order valence-corrected chi connectivity index (χ1v) is 20.8. The molecule has 3 aliphatic carbocycles. The fourth-order valence-electron chi connectivity index (χ4n) is 11.2. The molecule has 0 unspecified atom stereocenters. The third-order valence-electron chi connectivity index (χ3n) is 13.8. The average Bonchev–Trinajstić information content (AvgIpc) is 3.98. The predicted molar refractivity (Wildman–Crippen MR) is 237 cm³/mol. The summed E-state index contributed by atoms with van der Waals surface area (Å²) in [5.41, 5.74) is 18.0. The molecule has 0 bridgehead atoms. The first-order valence-electron chi connectivity index (χ1n) is 20.8. The summed E-state index contributed by atoms with van der Waals surface area (Å²) < 4.78 is 11.3. The summed E-state index contributed by atoms with van der Waals surface area (Å²) in [6.07, 6.45) is 12.8. The second-order valence-corrected chi connectivity index (χ2v) is 16.7. The van der Waals surface area contributed by atoms with Gasteiger partial charge in [-0.25, -0.2) is 0 Å². The van der Waals surface area contributed by atoms with Gasteiger partial charge < -0.3 is 13.6 Å². The lowest BCUT2D eigenvalue weighted by atomic mass is 9.68. The van der Waals surface area contributed by atoms with Gasteiger partial charge in [0.25, 0.3) is 0 Å². The van der Waals surface area contributed by atoms with E-state index in [1.165, 1.54) is 126 Å². The molecule has 13 rings (SSSR count). The van der Waals surface area contributed by atoms with E-state index in [2.05, 4.69) is 167 Å². The quantitative estimate of drug-likeness (QED) is 0.177. The molecule has 3 aromatic heterocycles. The van der Waals surface area contributed by atoms with Crippen molar-refractivity contribution in [2.24, 2.45) is 0 Å². The highest BCUT2D eigenvalue weighted by Gasteiger charge is 2.44. The van der Waals surface area contributed by atoms with E-state index in [-0.39, 0.29) is 5.41 Å². The van der Waals surface area contributed by atoms with E-state index in [4.69, 9.17) is 4.42 Å². The number of hydrogen-bond acceptors (Lipinski definition) is 1. The number of para-hydroxylation sites is 2. The molecule has 3 heterocycles. The van der Waals surface area contributed by atoms with Crippen LogP contribution in [0.2, 0.25) is 0 Å². The smallest absolute Gasteiger partial charge is 0.137 e. The highest BCUT2D eigenvalue weighted by molar-refractivity contribution is 6.14. The summed E-state index contributed by atoms with van der Waals surface area (Å²) >= 11 is 0. The summed E-state index contributed by atoms with van der Waals surface area (Å²) in [6, 6.07) is 55.0. The number of aryl methyl sites for hydroxylation is 1. The molecule has 1 saturated carbocycles. The second kappa shape index (κ2) is 11.7. The van der Waals surface area contributed by atoms with E-state index in [9.17, 15) is 0 Å². The lowest BCUT2D eigenvalue weighted by Gasteiger charge is -2.36. The highest BCUT2D eigenvalue weighted by atomic mass is 16.3. The fraction of sp³-hybridized carbons (Fsp3) is 0.148. The number of furan rings is 1. The van der Waals surface area contributed by atoms with Gasteiger partial charge in [0.2, 0.25) is 0 Å². The van der Waals surface area contributed by atoms with Crippen molar-refractivity contribution < 1.29 is 4.42 Å². The average molecular weight is 733 g/mol. The Morgan fingerprint density at radius 2 is 1.18 bits per heavy atom. The number of nitrogens with zero attached hydrogens (tertiary/aromatic N) is 2. The van der Waals surface area contributed by atoms with Gasteiger partial charge in [-0.15, -0.1) is 0 Å². The maximum Gasteiger partial charge on any atom is 0.137 e. The van der Waals surface area contributed by atoms with Crippen molar-refractivity contribution in [3.8, 4) is 33.6 Å². The van der Waals surface area contributed by atoms with Crippen LogP contribution < -0.4 is 0 Å². The number of allylic oxidation sites excluding steroid dienone is 1. The van der Waals surface area contributed by atoms with Crippen LogP contribution in [-0.4, -0.2) is 9.13 Å². The van der Waals surface area contributed by atoms with Crippen LogP contribution in [-0.2, 0) is 11.8 Å². The lowest BCUT2D eigenvalue weighted by molar-refractivity contribution is 0.353. The fourth-order valence-corrected chi connectivity index (χ4v) is 11.2. The van der Waals surface area contributed by atoms with Gasteiger partial charge in [-0.05, 0) is 132 Å². The third-order valence-corrected chi connectivity index (χ3v) is 13.8. The van der Waals surface area contributed by atoms with Crippen LogP contribution in [0, 0.1) is 0 Å². The molecule has 3 nitrogen and oxygen atoms in total. The molecule has 3 aliphatic rings. The number of hydrogen-bond donors (Lipinski definition) is 0. The molecule has 272 valence electrons. The molecular weight excluding hydrogens is 693 g/mol. The molecular formula is C54H40N2O. The first kappa shape index (κ1) is 31.6. The Balaban J connectivity index is 1.01. The van der Waals surface area contributed by atoms with E-state index in [1.807, 2.05) is 0 Å². The number of benzene rings is 7. The van der Waals surface area contributed by atoms with E-state index >= 15 is 0 Å². The molecule has 0 atom stereocenters. The van der Waals surface area contributed by atoms with Crippen LogP contribution in [0.15, 0.2) is 156 Å². The molecule has 0 amide bonds. The number of fused-ring (bicyclic) bond motifs is 14. The SMILES string of the molecule is C1=Cc2oc3cc(-n4c5ccccc5c5cc(-c6ccc7c(c6)c6cc8c(cc6n7-c6ccccc6)-c6ccccc6C86CCCCC6)ccc54)ccc3c2CC1. The Morgan fingerprint density at radius 3 is 2.02 bits per heavy atom. The van der Waals surface area contributed by atoms with E-state index in [1.54, 1.807) is 0 Å². The Kier molecular flexibility index (Phi) is 6.50. The van der Waals surface area contributed by atoms with Gasteiger partial charge in [0.1, 0.15) is 11.3 Å². The van der Waals surface area contributed by atoms with Gasteiger partial charge in [0.05, 0.1) is 22.1 Å². The zero-order valence-corrected chi connectivity index (χ0v) is 31.8. The molecule has 57 heavy (non-hydrogen) atoms. The molecule has 0 radical (unpaired) electrons. The number of aromatic nitrogens is 2. The Morgan fingerprint density at radius 1 is 0.474 bits per heavy atom. The third kappa shape index (κ3) is 4.37. The minimum Gasteiger partial charge on any atom is -0.456 e. The summed E-state index contributed by atoms with van der Waals surface area (Å²) in [7, 11) is 0. The van der Waals surface area contributed by atoms with Gasteiger partial charge in [-0.2, -0.15) is 0 Å². The minimum absolute atomic E-state index is 0.105. The molecule has 1 fully saturated rings.